The number of rotatable bonds is 5. The van der Waals surface area contributed by atoms with Crippen LogP contribution in [0.5, 0.6) is 0 Å². The number of aliphatic imine (C=N–C) groups is 1. The van der Waals surface area contributed by atoms with Gasteiger partial charge in [-0.25, -0.2) is 4.79 Å². The molecule has 8 nitrogen and oxygen atoms in total. The molecule has 2 fully saturated rings. The maximum absolute atomic E-state index is 12.1. The molecule has 0 spiro atoms. The van der Waals surface area contributed by atoms with E-state index in [9.17, 15) is 4.79 Å². The Balaban J connectivity index is 0.00000341. The van der Waals surface area contributed by atoms with Gasteiger partial charge in [0.1, 0.15) is 5.60 Å². The summed E-state index contributed by atoms with van der Waals surface area (Å²) < 4.78 is 11.0. The smallest absolute Gasteiger partial charge is 0.410 e. The molecule has 2 N–H and O–H groups in total. The standard InChI is InChI=1S/C21H35N5O3S.HI/c1-15-6-7-18(30-15)17(25-8-10-28-11-9-25)12-23-19(22-5)24-16-13-26(14-16)20(27)29-21(2,3)4;/h6-7,16-17H,8-14H2,1-5H3,(H2,22,23,24);1H. The number of amides is 1. The average molecular weight is 566 g/mol. The van der Waals surface area contributed by atoms with Gasteiger partial charge in [0.25, 0.3) is 0 Å². The number of hydrogen-bond acceptors (Lipinski definition) is 6. The highest BCUT2D eigenvalue weighted by molar-refractivity contribution is 14.0. The van der Waals surface area contributed by atoms with Crippen molar-refractivity contribution in [2.24, 2.45) is 4.99 Å². The summed E-state index contributed by atoms with van der Waals surface area (Å²) in [6.45, 7) is 13.2. The molecule has 176 valence electrons. The summed E-state index contributed by atoms with van der Waals surface area (Å²) in [5.74, 6) is 0.760. The molecule has 1 aromatic heterocycles. The first-order valence-corrected chi connectivity index (χ1v) is 11.4. The molecule has 0 radical (unpaired) electrons. The number of likely N-dealkylation sites (tertiary alicyclic amines) is 1. The van der Waals surface area contributed by atoms with Gasteiger partial charge in [-0.05, 0) is 39.8 Å². The Morgan fingerprint density at radius 1 is 1.32 bits per heavy atom. The molecule has 0 aliphatic carbocycles. The largest absolute Gasteiger partial charge is 0.444 e. The monoisotopic (exact) mass is 565 g/mol. The van der Waals surface area contributed by atoms with Crippen LogP contribution in [0.2, 0.25) is 0 Å². The van der Waals surface area contributed by atoms with Gasteiger partial charge in [-0.2, -0.15) is 0 Å². The molecule has 2 aliphatic rings. The number of carbonyl (C=O) groups excluding carboxylic acids is 1. The molecule has 31 heavy (non-hydrogen) atoms. The highest BCUT2D eigenvalue weighted by Crippen LogP contribution is 2.28. The van der Waals surface area contributed by atoms with Crippen LogP contribution in [-0.2, 0) is 9.47 Å². The number of ether oxygens (including phenoxy) is 2. The van der Waals surface area contributed by atoms with Gasteiger partial charge >= 0.3 is 6.09 Å². The van der Waals surface area contributed by atoms with Gasteiger partial charge in [0.15, 0.2) is 5.96 Å². The first-order chi connectivity index (χ1) is 14.2. The van der Waals surface area contributed by atoms with E-state index in [1.165, 1.54) is 9.75 Å². The predicted octanol–water partition coefficient (Wildman–Crippen LogP) is 2.83. The fourth-order valence-corrected chi connectivity index (χ4v) is 4.57. The third kappa shape index (κ3) is 7.76. The molecule has 3 heterocycles. The zero-order valence-corrected chi connectivity index (χ0v) is 22.3. The Hall–Kier alpha value is -1.11. The maximum atomic E-state index is 12.1. The minimum absolute atomic E-state index is 0. The minimum atomic E-state index is -0.470. The van der Waals surface area contributed by atoms with Crippen LogP contribution in [-0.4, -0.2) is 86.5 Å². The highest BCUT2D eigenvalue weighted by Gasteiger charge is 2.34. The van der Waals surface area contributed by atoms with Crippen molar-refractivity contribution in [3.8, 4) is 0 Å². The lowest BCUT2D eigenvalue weighted by atomic mass is 10.1. The van der Waals surface area contributed by atoms with Crippen LogP contribution in [0.4, 0.5) is 4.79 Å². The maximum Gasteiger partial charge on any atom is 0.410 e. The van der Waals surface area contributed by atoms with Crippen LogP contribution in [0.15, 0.2) is 17.1 Å². The van der Waals surface area contributed by atoms with E-state index >= 15 is 0 Å². The van der Waals surface area contributed by atoms with Crippen molar-refractivity contribution < 1.29 is 14.3 Å². The molecule has 2 aliphatic heterocycles. The number of thiophene rings is 1. The summed E-state index contributed by atoms with van der Waals surface area (Å²) in [6, 6.07) is 4.86. The van der Waals surface area contributed by atoms with Crippen LogP contribution >= 0.6 is 35.3 Å². The second-order valence-corrected chi connectivity index (χ2v) is 10.1. The van der Waals surface area contributed by atoms with E-state index in [-0.39, 0.29) is 42.2 Å². The summed E-state index contributed by atoms with van der Waals surface area (Å²) in [6.07, 6.45) is -0.260. The van der Waals surface area contributed by atoms with E-state index < -0.39 is 5.60 Å². The molecule has 1 aromatic rings. The second kappa shape index (κ2) is 11.7. The number of halogens is 1. The molecule has 0 saturated carbocycles. The van der Waals surface area contributed by atoms with Crippen LogP contribution < -0.4 is 10.6 Å². The SMILES string of the molecule is CN=C(NCC(c1ccc(C)s1)N1CCOCC1)NC1CN(C(=O)OC(C)(C)C)C1.I. The van der Waals surface area contributed by atoms with Crippen molar-refractivity contribution >= 4 is 47.4 Å². The van der Waals surface area contributed by atoms with Crippen LogP contribution in [0.3, 0.4) is 0 Å². The van der Waals surface area contributed by atoms with Gasteiger partial charge < -0.3 is 25.0 Å². The van der Waals surface area contributed by atoms with E-state index in [0.29, 0.717) is 13.1 Å². The normalized spacial score (nSPS) is 19.3. The lowest BCUT2D eigenvalue weighted by Crippen LogP contribution is -2.63. The van der Waals surface area contributed by atoms with E-state index in [1.807, 2.05) is 32.1 Å². The third-order valence-electron chi connectivity index (χ3n) is 5.14. The van der Waals surface area contributed by atoms with E-state index in [4.69, 9.17) is 9.47 Å². The van der Waals surface area contributed by atoms with Crippen LogP contribution in [0.1, 0.15) is 36.6 Å². The second-order valence-electron chi connectivity index (χ2n) is 8.79. The summed E-state index contributed by atoms with van der Waals surface area (Å²) in [7, 11) is 1.78. The number of guanidine groups is 1. The van der Waals surface area contributed by atoms with Crippen LogP contribution in [0.25, 0.3) is 0 Å². The van der Waals surface area contributed by atoms with Crippen molar-refractivity contribution in [3.63, 3.8) is 0 Å². The van der Waals surface area contributed by atoms with E-state index in [1.54, 1.807) is 11.9 Å². The van der Waals surface area contributed by atoms with Gasteiger partial charge in [0.2, 0.25) is 0 Å². The Bertz CT molecular complexity index is 740. The molecular formula is C21H36IN5O3S. The Morgan fingerprint density at radius 3 is 2.55 bits per heavy atom. The topological polar surface area (TPSA) is 78.4 Å². The number of aryl methyl sites for hydroxylation is 1. The van der Waals surface area contributed by atoms with Gasteiger partial charge in [-0.3, -0.25) is 9.89 Å². The fraction of sp³-hybridized carbons (Fsp3) is 0.714. The van der Waals surface area contributed by atoms with Crippen molar-refractivity contribution in [1.29, 1.82) is 0 Å². The highest BCUT2D eigenvalue weighted by atomic mass is 127. The molecule has 0 aromatic carbocycles. The zero-order chi connectivity index (χ0) is 21.7. The summed E-state index contributed by atoms with van der Waals surface area (Å²) in [5, 5.41) is 6.90. The first kappa shape index (κ1) is 26.1. The lowest BCUT2D eigenvalue weighted by Gasteiger charge is -2.40. The summed E-state index contributed by atoms with van der Waals surface area (Å²) >= 11 is 1.85. The number of nitrogens with zero attached hydrogens (tertiary/aromatic N) is 3. The predicted molar refractivity (Wildman–Crippen MR) is 136 cm³/mol. The van der Waals surface area contributed by atoms with Gasteiger partial charge in [0.05, 0.1) is 25.3 Å². The summed E-state index contributed by atoms with van der Waals surface area (Å²) in [5.41, 5.74) is -0.470. The molecule has 1 amide bonds. The van der Waals surface area contributed by atoms with Gasteiger partial charge in [0, 0.05) is 49.5 Å². The number of nitrogens with one attached hydrogen (secondary N) is 2. The molecular weight excluding hydrogens is 529 g/mol. The Labute approximate surface area is 206 Å². The van der Waals surface area contributed by atoms with Gasteiger partial charge in [-0.15, -0.1) is 35.3 Å². The minimum Gasteiger partial charge on any atom is -0.444 e. The van der Waals surface area contributed by atoms with E-state index in [2.05, 4.69) is 39.6 Å². The molecule has 2 saturated heterocycles. The number of carbonyl (C=O) groups is 1. The molecule has 3 rings (SSSR count). The number of morpholine rings is 1. The van der Waals surface area contributed by atoms with Gasteiger partial charge in [-0.1, -0.05) is 0 Å². The van der Waals surface area contributed by atoms with Crippen molar-refractivity contribution in [2.75, 3.05) is 53.0 Å². The van der Waals surface area contributed by atoms with E-state index in [0.717, 1.165) is 38.8 Å². The van der Waals surface area contributed by atoms with Crippen molar-refractivity contribution in [2.45, 2.75) is 45.4 Å². The molecule has 10 heteroatoms. The molecule has 0 bridgehead atoms. The lowest BCUT2D eigenvalue weighted by molar-refractivity contribution is 0.00688. The Kier molecular flexibility index (Phi) is 9.84. The zero-order valence-electron chi connectivity index (χ0n) is 19.1. The fourth-order valence-electron chi connectivity index (χ4n) is 3.56. The third-order valence-corrected chi connectivity index (χ3v) is 6.24. The first-order valence-electron chi connectivity index (χ1n) is 10.6. The average Bonchev–Trinajstić information content (AvgIpc) is 3.08. The Morgan fingerprint density at radius 2 is 2.00 bits per heavy atom. The summed E-state index contributed by atoms with van der Waals surface area (Å²) in [4.78, 5) is 23.3. The molecule has 1 atom stereocenters. The van der Waals surface area contributed by atoms with Crippen LogP contribution in [0, 0.1) is 6.92 Å². The number of hydrogen-bond donors (Lipinski definition) is 2. The van der Waals surface area contributed by atoms with Crippen molar-refractivity contribution in [1.82, 2.24) is 20.4 Å². The molecule has 1 unspecified atom stereocenters. The van der Waals surface area contributed by atoms with Crippen molar-refractivity contribution in [3.05, 3.63) is 21.9 Å². The quantitative estimate of drug-likeness (QED) is 0.325.